The molecule has 0 radical (unpaired) electrons. The first-order valence-corrected chi connectivity index (χ1v) is 10.8. The van der Waals surface area contributed by atoms with Crippen molar-refractivity contribution in [2.75, 3.05) is 12.9 Å². The lowest BCUT2D eigenvalue weighted by atomic mass is 9.73. The third kappa shape index (κ3) is 7.96. The van der Waals surface area contributed by atoms with E-state index in [9.17, 15) is 9.59 Å². The maximum Gasteiger partial charge on any atom is 0.293 e. The van der Waals surface area contributed by atoms with E-state index < -0.39 is 0 Å². The van der Waals surface area contributed by atoms with E-state index in [0.717, 1.165) is 18.4 Å². The van der Waals surface area contributed by atoms with E-state index in [2.05, 4.69) is 58.3 Å². The monoisotopic (exact) mass is 393 g/mol. The number of hydrogen-bond donors (Lipinski definition) is 1. The Hall–Kier alpha value is -1.49. The molecule has 0 aromatic heterocycles. The molecule has 0 saturated heterocycles. The minimum Gasteiger partial charge on any atom is -0.466 e. The summed E-state index contributed by atoms with van der Waals surface area (Å²) in [5, 5.41) is 3.17. The second-order valence-corrected chi connectivity index (χ2v) is 9.90. The van der Waals surface area contributed by atoms with Gasteiger partial charge >= 0.3 is 0 Å². The van der Waals surface area contributed by atoms with Crippen LogP contribution >= 0.6 is 11.8 Å². The largest absolute Gasteiger partial charge is 0.466 e. The molecule has 27 heavy (non-hydrogen) atoms. The van der Waals surface area contributed by atoms with Crippen LogP contribution in [0.2, 0.25) is 0 Å². The van der Waals surface area contributed by atoms with Crippen LogP contribution in [0.15, 0.2) is 30.3 Å². The molecule has 0 aliphatic rings. The Morgan fingerprint density at radius 1 is 1.22 bits per heavy atom. The van der Waals surface area contributed by atoms with Crippen LogP contribution in [0.4, 0.5) is 0 Å². The van der Waals surface area contributed by atoms with Gasteiger partial charge in [0.15, 0.2) is 0 Å². The van der Waals surface area contributed by atoms with Crippen LogP contribution < -0.4 is 5.32 Å². The summed E-state index contributed by atoms with van der Waals surface area (Å²) in [7, 11) is 0. The van der Waals surface area contributed by atoms with Gasteiger partial charge in [-0.3, -0.25) is 9.59 Å². The Bertz CT molecular complexity index is 586. The van der Waals surface area contributed by atoms with Crippen LogP contribution in [0, 0.1) is 11.3 Å². The molecule has 1 amide bonds. The third-order valence-corrected chi connectivity index (χ3v) is 6.73. The Balaban J connectivity index is 2.98. The molecule has 152 valence electrons. The number of hydrogen-bond acceptors (Lipinski definition) is 4. The highest BCUT2D eigenvalue weighted by Gasteiger charge is 2.35. The summed E-state index contributed by atoms with van der Waals surface area (Å²) in [5.41, 5.74) is 1.02. The highest BCUT2D eigenvalue weighted by Crippen LogP contribution is 2.34. The van der Waals surface area contributed by atoms with E-state index >= 15 is 0 Å². The van der Waals surface area contributed by atoms with E-state index in [1.165, 1.54) is 0 Å². The molecule has 0 heterocycles. The van der Waals surface area contributed by atoms with Gasteiger partial charge in [0, 0.05) is 10.7 Å². The summed E-state index contributed by atoms with van der Waals surface area (Å²) in [5.74, 6) is -0.122. The zero-order valence-electron chi connectivity index (χ0n) is 17.6. The minimum absolute atomic E-state index is 0.0145. The summed E-state index contributed by atoms with van der Waals surface area (Å²) in [6.45, 7) is 11.3. The molecule has 0 fully saturated rings. The van der Waals surface area contributed by atoms with E-state index in [1.807, 2.05) is 18.2 Å². The molecule has 1 aromatic rings. The average Bonchev–Trinajstić information content (AvgIpc) is 2.64. The molecule has 4 nitrogen and oxygen atoms in total. The first kappa shape index (κ1) is 23.5. The zero-order chi connectivity index (χ0) is 20.5. The SMILES string of the molecule is CCC(C)(C)C(Cc1ccccc1)C(=O)NC(COC=O)CC(C)(C)SC. The van der Waals surface area contributed by atoms with Gasteiger partial charge in [0.05, 0.1) is 6.04 Å². The molecular weight excluding hydrogens is 358 g/mol. The van der Waals surface area contributed by atoms with Crippen LogP contribution in [0.5, 0.6) is 0 Å². The number of ether oxygens (including phenoxy) is 1. The van der Waals surface area contributed by atoms with Crippen molar-refractivity contribution in [3.8, 4) is 0 Å². The van der Waals surface area contributed by atoms with Crippen LogP contribution in [0.25, 0.3) is 0 Å². The van der Waals surface area contributed by atoms with Crippen molar-refractivity contribution in [1.29, 1.82) is 0 Å². The van der Waals surface area contributed by atoms with E-state index in [4.69, 9.17) is 4.74 Å². The smallest absolute Gasteiger partial charge is 0.293 e. The molecular formula is C22H35NO3S. The minimum atomic E-state index is -0.198. The van der Waals surface area contributed by atoms with Gasteiger partial charge in [-0.15, -0.1) is 0 Å². The van der Waals surface area contributed by atoms with Crippen molar-refractivity contribution < 1.29 is 14.3 Å². The van der Waals surface area contributed by atoms with Crippen molar-refractivity contribution in [3.63, 3.8) is 0 Å². The summed E-state index contributed by atoms with van der Waals surface area (Å²) in [6.07, 6.45) is 4.39. The zero-order valence-corrected chi connectivity index (χ0v) is 18.4. The lowest BCUT2D eigenvalue weighted by Gasteiger charge is -2.35. The first-order chi connectivity index (χ1) is 12.6. The molecule has 0 aliphatic heterocycles. The fourth-order valence-corrected chi connectivity index (χ4v) is 3.47. The second kappa shape index (κ2) is 10.7. The van der Waals surface area contributed by atoms with Gasteiger partial charge in [-0.05, 0) is 30.1 Å². The van der Waals surface area contributed by atoms with Crippen molar-refractivity contribution in [2.24, 2.45) is 11.3 Å². The molecule has 0 saturated carbocycles. The Kier molecular flexibility index (Phi) is 9.37. The first-order valence-electron chi connectivity index (χ1n) is 9.60. The highest BCUT2D eigenvalue weighted by molar-refractivity contribution is 7.99. The summed E-state index contributed by atoms with van der Waals surface area (Å²) in [6, 6.07) is 9.93. The predicted octanol–water partition coefficient (Wildman–Crippen LogP) is 4.47. The molecule has 1 N–H and O–H groups in total. The molecule has 2 unspecified atom stereocenters. The molecule has 0 bridgehead atoms. The second-order valence-electron chi connectivity index (χ2n) is 8.39. The maximum absolute atomic E-state index is 13.2. The van der Waals surface area contributed by atoms with Gasteiger partial charge in [-0.25, -0.2) is 0 Å². The quantitative estimate of drug-likeness (QED) is 0.532. The van der Waals surface area contributed by atoms with E-state index in [-0.39, 0.29) is 34.6 Å². The number of rotatable bonds is 12. The van der Waals surface area contributed by atoms with Gasteiger partial charge in [-0.2, -0.15) is 11.8 Å². The lowest BCUT2D eigenvalue weighted by molar-refractivity contribution is -0.134. The van der Waals surface area contributed by atoms with Gasteiger partial charge in [0.25, 0.3) is 6.47 Å². The third-order valence-electron chi connectivity index (χ3n) is 5.46. The molecule has 2 atom stereocenters. The molecule has 0 aliphatic carbocycles. The summed E-state index contributed by atoms with van der Waals surface area (Å²) >= 11 is 1.74. The fourth-order valence-electron chi connectivity index (χ4n) is 3.11. The van der Waals surface area contributed by atoms with E-state index in [1.54, 1.807) is 11.8 Å². The molecule has 0 spiro atoms. The normalized spacial score (nSPS) is 14.3. The van der Waals surface area contributed by atoms with Crippen LogP contribution in [-0.4, -0.2) is 36.0 Å². The van der Waals surface area contributed by atoms with Crippen LogP contribution in [0.3, 0.4) is 0 Å². The average molecular weight is 394 g/mol. The predicted molar refractivity (Wildman–Crippen MR) is 114 cm³/mol. The van der Waals surface area contributed by atoms with Crippen molar-refractivity contribution in [2.45, 2.75) is 64.7 Å². The Labute approximate surface area is 168 Å². The summed E-state index contributed by atoms with van der Waals surface area (Å²) in [4.78, 5) is 23.9. The topological polar surface area (TPSA) is 55.4 Å². The van der Waals surface area contributed by atoms with Crippen LogP contribution in [0.1, 0.15) is 53.0 Å². The molecule has 1 rings (SSSR count). The number of carbonyl (C=O) groups is 2. The van der Waals surface area contributed by atoms with E-state index in [0.29, 0.717) is 12.9 Å². The Morgan fingerprint density at radius 2 is 1.85 bits per heavy atom. The van der Waals surface area contributed by atoms with Gasteiger partial charge in [-0.1, -0.05) is 71.4 Å². The molecule has 5 heteroatoms. The number of carbonyl (C=O) groups excluding carboxylic acids is 2. The standard InChI is InChI=1S/C22H35NO3S/c1-7-21(2,3)19(13-17-11-9-8-10-12-17)20(25)23-18(15-26-16-24)14-22(4,5)27-6/h8-12,16,18-19H,7,13-15H2,1-6H3,(H,23,25). The van der Waals surface area contributed by atoms with Crippen molar-refractivity contribution in [3.05, 3.63) is 35.9 Å². The van der Waals surface area contributed by atoms with Gasteiger partial charge in [0.1, 0.15) is 6.61 Å². The van der Waals surface area contributed by atoms with Gasteiger partial charge in [0.2, 0.25) is 5.91 Å². The number of thioether (sulfide) groups is 1. The summed E-state index contributed by atoms with van der Waals surface area (Å²) < 4.78 is 4.98. The van der Waals surface area contributed by atoms with Gasteiger partial charge < -0.3 is 10.1 Å². The van der Waals surface area contributed by atoms with Crippen molar-refractivity contribution in [1.82, 2.24) is 5.32 Å². The van der Waals surface area contributed by atoms with Crippen molar-refractivity contribution >= 4 is 24.1 Å². The number of nitrogens with one attached hydrogen (secondary N) is 1. The molecule has 1 aromatic carbocycles. The van der Waals surface area contributed by atoms with Crippen LogP contribution in [-0.2, 0) is 20.7 Å². The Morgan fingerprint density at radius 3 is 2.37 bits per heavy atom. The maximum atomic E-state index is 13.2. The fraction of sp³-hybridized carbons (Fsp3) is 0.636. The highest BCUT2D eigenvalue weighted by atomic mass is 32.2. The number of amides is 1. The number of benzene rings is 1. The lowest BCUT2D eigenvalue weighted by Crippen LogP contribution is -2.48.